The van der Waals surface area contributed by atoms with Gasteiger partial charge < -0.3 is 14.8 Å². The summed E-state index contributed by atoms with van der Waals surface area (Å²) in [5.74, 6) is -0.0276. The molecule has 7 heteroatoms. The summed E-state index contributed by atoms with van der Waals surface area (Å²) < 4.78 is 11.2. The van der Waals surface area contributed by atoms with Crippen molar-refractivity contribution in [3.05, 3.63) is 18.2 Å². The van der Waals surface area contributed by atoms with Gasteiger partial charge in [-0.1, -0.05) is 12.8 Å². The van der Waals surface area contributed by atoms with Crippen LogP contribution >= 0.6 is 0 Å². The van der Waals surface area contributed by atoms with Gasteiger partial charge >= 0.3 is 0 Å². The summed E-state index contributed by atoms with van der Waals surface area (Å²) >= 11 is 0. The summed E-state index contributed by atoms with van der Waals surface area (Å²) in [5.41, 5.74) is 0.552. The van der Waals surface area contributed by atoms with Crippen LogP contribution in [-0.4, -0.2) is 42.4 Å². The van der Waals surface area contributed by atoms with Gasteiger partial charge in [0.15, 0.2) is 11.5 Å². The van der Waals surface area contributed by atoms with Crippen LogP contribution in [0.2, 0.25) is 0 Å². The van der Waals surface area contributed by atoms with Gasteiger partial charge in [-0.2, -0.15) is 0 Å². The topological polar surface area (TPSA) is 84.9 Å². The lowest BCUT2D eigenvalue weighted by Crippen LogP contribution is -2.38. The molecule has 1 N–H and O–H groups in total. The number of carbonyl (C=O) groups is 3. The van der Waals surface area contributed by atoms with Gasteiger partial charge in [0, 0.05) is 18.2 Å². The van der Waals surface area contributed by atoms with Crippen molar-refractivity contribution < 1.29 is 23.9 Å². The Bertz CT molecular complexity index is 723. The monoisotopic (exact) mass is 358 g/mol. The lowest BCUT2D eigenvalue weighted by Gasteiger charge is -2.19. The molecule has 2 heterocycles. The Morgan fingerprint density at radius 2 is 1.65 bits per heavy atom. The summed E-state index contributed by atoms with van der Waals surface area (Å²) in [7, 11) is 0. The molecule has 1 aromatic carbocycles. The Morgan fingerprint density at radius 1 is 1.00 bits per heavy atom. The van der Waals surface area contributed by atoms with Crippen molar-refractivity contribution in [1.29, 1.82) is 0 Å². The van der Waals surface area contributed by atoms with Crippen LogP contribution in [0.5, 0.6) is 11.5 Å². The van der Waals surface area contributed by atoms with E-state index < -0.39 is 0 Å². The van der Waals surface area contributed by atoms with Gasteiger partial charge in [-0.15, -0.1) is 0 Å². The van der Waals surface area contributed by atoms with E-state index in [9.17, 15) is 14.4 Å². The van der Waals surface area contributed by atoms with Crippen molar-refractivity contribution in [1.82, 2.24) is 4.90 Å². The third-order valence-corrected chi connectivity index (χ3v) is 5.27. The van der Waals surface area contributed by atoms with Crippen molar-refractivity contribution in [3.8, 4) is 11.5 Å². The zero-order valence-electron chi connectivity index (χ0n) is 14.5. The Kier molecular flexibility index (Phi) is 4.53. The molecule has 1 saturated carbocycles. The van der Waals surface area contributed by atoms with E-state index in [2.05, 4.69) is 5.32 Å². The molecule has 0 aromatic heterocycles. The van der Waals surface area contributed by atoms with E-state index in [0.29, 0.717) is 30.4 Å². The first-order chi connectivity index (χ1) is 12.6. The fourth-order valence-corrected chi connectivity index (χ4v) is 3.97. The summed E-state index contributed by atoms with van der Waals surface area (Å²) in [4.78, 5) is 38.4. The minimum Gasteiger partial charge on any atom is -0.490 e. The van der Waals surface area contributed by atoms with Crippen molar-refractivity contribution >= 4 is 23.4 Å². The highest BCUT2D eigenvalue weighted by Crippen LogP contribution is 2.38. The molecule has 3 aliphatic rings. The molecule has 26 heavy (non-hydrogen) atoms. The van der Waals surface area contributed by atoms with Crippen molar-refractivity contribution in [2.24, 2.45) is 11.8 Å². The molecule has 0 spiro atoms. The maximum absolute atomic E-state index is 12.5. The molecule has 1 aromatic rings. The second kappa shape index (κ2) is 6.97. The molecule has 0 radical (unpaired) electrons. The number of nitrogens with one attached hydrogen (secondary N) is 1. The first kappa shape index (κ1) is 16.9. The summed E-state index contributed by atoms with van der Waals surface area (Å²) in [5, 5.41) is 2.74. The van der Waals surface area contributed by atoms with E-state index >= 15 is 0 Å². The zero-order valence-corrected chi connectivity index (χ0v) is 14.5. The first-order valence-electron chi connectivity index (χ1n) is 9.18. The number of amides is 3. The van der Waals surface area contributed by atoms with Crippen LogP contribution in [0.1, 0.15) is 32.1 Å². The van der Waals surface area contributed by atoms with Gasteiger partial charge in [0.2, 0.25) is 17.7 Å². The highest BCUT2D eigenvalue weighted by atomic mass is 16.5. The minimum absolute atomic E-state index is 0.200. The van der Waals surface area contributed by atoms with E-state index in [0.717, 1.165) is 37.0 Å². The molecule has 1 aliphatic carbocycles. The number of likely N-dealkylation sites (tertiary alicyclic amines) is 1. The number of hydrogen-bond acceptors (Lipinski definition) is 5. The third kappa shape index (κ3) is 3.13. The number of carbonyl (C=O) groups excluding carboxylic acids is 3. The predicted octanol–water partition coefficient (Wildman–Crippen LogP) is 1.96. The van der Waals surface area contributed by atoms with Crippen LogP contribution in [-0.2, 0) is 14.4 Å². The molecular weight excluding hydrogens is 336 g/mol. The number of anilines is 1. The van der Waals surface area contributed by atoms with Crippen LogP contribution in [0.15, 0.2) is 18.2 Å². The lowest BCUT2D eigenvalue weighted by molar-refractivity contribution is -0.142. The number of benzene rings is 1. The Hall–Kier alpha value is -2.57. The average Bonchev–Trinajstić information content (AvgIpc) is 2.82. The van der Waals surface area contributed by atoms with Crippen LogP contribution in [0, 0.1) is 11.8 Å². The van der Waals surface area contributed by atoms with E-state index in [1.165, 1.54) is 0 Å². The van der Waals surface area contributed by atoms with Crippen LogP contribution in [0.4, 0.5) is 5.69 Å². The Morgan fingerprint density at radius 3 is 2.35 bits per heavy atom. The highest BCUT2D eigenvalue weighted by Gasteiger charge is 2.48. The van der Waals surface area contributed by atoms with Crippen LogP contribution in [0.25, 0.3) is 0 Å². The molecule has 0 unspecified atom stereocenters. The standard InChI is InChI=1S/C19H22N2O5/c22-17(11-21-18(23)13-4-1-2-5-14(13)19(21)24)20-12-6-7-15-16(10-12)26-9-3-8-25-15/h6-7,10,13-14H,1-5,8-9,11H2,(H,20,22)/t13-,14-/m1/s1. The minimum atomic E-state index is -0.389. The van der Waals surface area contributed by atoms with Gasteiger partial charge in [0.25, 0.3) is 0 Å². The van der Waals surface area contributed by atoms with Gasteiger partial charge in [-0.25, -0.2) is 0 Å². The summed E-state index contributed by atoms with van der Waals surface area (Å²) in [6, 6.07) is 5.17. The molecule has 2 fully saturated rings. The maximum Gasteiger partial charge on any atom is 0.244 e. The molecule has 2 aliphatic heterocycles. The van der Waals surface area contributed by atoms with Crippen molar-refractivity contribution in [3.63, 3.8) is 0 Å². The SMILES string of the molecule is O=C(CN1C(=O)[C@@H]2CCCC[C@H]2C1=O)Nc1ccc2c(c1)OCCCO2. The molecular formula is C19H22N2O5. The molecule has 2 atom stereocenters. The normalized spacial score (nSPS) is 24.8. The number of nitrogens with zero attached hydrogens (tertiary/aromatic N) is 1. The predicted molar refractivity (Wildman–Crippen MR) is 92.8 cm³/mol. The number of fused-ring (bicyclic) bond motifs is 2. The number of imide groups is 1. The fraction of sp³-hybridized carbons (Fsp3) is 0.526. The van der Waals surface area contributed by atoms with Gasteiger partial charge in [0.05, 0.1) is 25.0 Å². The molecule has 4 rings (SSSR count). The number of rotatable bonds is 3. The van der Waals surface area contributed by atoms with E-state index in [4.69, 9.17) is 9.47 Å². The van der Waals surface area contributed by atoms with Gasteiger partial charge in [-0.3, -0.25) is 19.3 Å². The zero-order chi connectivity index (χ0) is 18.1. The van der Waals surface area contributed by atoms with Crippen LogP contribution in [0.3, 0.4) is 0 Å². The fourth-order valence-electron chi connectivity index (χ4n) is 3.97. The number of hydrogen-bond donors (Lipinski definition) is 1. The van der Waals surface area contributed by atoms with E-state index in [1.54, 1.807) is 18.2 Å². The van der Waals surface area contributed by atoms with Gasteiger partial charge in [0.1, 0.15) is 6.54 Å². The maximum atomic E-state index is 12.5. The third-order valence-electron chi connectivity index (χ3n) is 5.27. The lowest BCUT2D eigenvalue weighted by atomic mass is 9.81. The molecule has 7 nitrogen and oxygen atoms in total. The van der Waals surface area contributed by atoms with Gasteiger partial charge in [-0.05, 0) is 25.0 Å². The van der Waals surface area contributed by atoms with Crippen LogP contribution < -0.4 is 14.8 Å². The summed E-state index contributed by atoms with van der Waals surface area (Å²) in [6.45, 7) is 0.920. The smallest absolute Gasteiger partial charge is 0.244 e. The first-order valence-corrected chi connectivity index (χ1v) is 9.18. The quantitative estimate of drug-likeness (QED) is 0.835. The number of ether oxygens (including phenoxy) is 2. The second-order valence-corrected chi connectivity index (χ2v) is 7.02. The highest BCUT2D eigenvalue weighted by molar-refractivity contribution is 6.08. The van der Waals surface area contributed by atoms with Crippen molar-refractivity contribution in [2.75, 3.05) is 25.1 Å². The van der Waals surface area contributed by atoms with E-state index in [-0.39, 0.29) is 36.1 Å². The molecule has 138 valence electrons. The molecule has 3 amide bonds. The summed E-state index contributed by atoms with van der Waals surface area (Å²) in [6.07, 6.45) is 4.23. The average molecular weight is 358 g/mol. The van der Waals surface area contributed by atoms with E-state index in [1.807, 2.05) is 0 Å². The second-order valence-electron chi connectivity index (χ2n) is 7.02. The Balaban J connectivity index is 1.42. The molecule has 0 bridgehead atoms. The Labute approximate surface area is 151 Å². The largest absolute Gasteiger partial charge is 0.490 e. The molecule has 1 saturated heterocycles. The van der Waals surface area contributed by atoms with Crippen molar-refractivity contribution in [2.45, 2.75) is 32.1 Å².